The van der Waals surface area contributed by atoms with Crippen molar-refractivity contribution in [3.63, 3.8) is 0 Å². The maximum atomic E-state index is 2.35. The van der Waals surface area contributed by atoms with E-state index in [2.05, 4.69) is 255 Å². The van der Waals surface area contributed by atoms with E-state index in [0.717, 1.165) is 0 Å². The van der Waals surface area contributed by atoms with Gasteiger partial charge in [-0.15, -0.1) is 0 Å². The van der Waals surface area contributed by atoms with Crippen LogP contribution >= 0.6 is 0 Å². The normalized spacial score (nSPS) is 11.6. The van der Waals surface area contributed by atoms with Crippen molar-refractivity contribution in [2.75, 3.05) is 0 Å². The van der Waals surface area contributed by atoms with Crippen molar-refractivity contribution in [1.29, 1.82) is 0 Å². The molecule has 0 radical (unpaired) electrons. The van der Waals surface area contributed by atoms with Gasteiger partial charge in [0.2, 0.25) is 0 Å². The molecule has 13 aromatic rings. The second-order valence-electron chi connectivity index (χ2n) is 17.5. The van der Waals surface area contributed by atoms with Crippen molar-refractivity contribution < 1.29 is 0 Å². The van der Waals surface area contributed by atoms with Crippen LogP contribution in [0.2, 0.25) is 0 Å². The number of fused-ring (bicyclic) bond motifs is 6. The second-order valence-corrected chi connectivity index (χ2v) is 17.5. The SMILES string of the molecule is c1ccc(-c2c3ccccc3c(-c3ccc(-c4ccc(-c5ccc(-c6c7ccccc7c(-c7ccc8ccccc8c7)c7ccccc67)cc5)c5ccccc45)cc3)c3ccccc23)cc1. The summed E-state index contributed by atoms with van der Waals surface area (Å²) in [5.74, 6) is 0. The average Bonchev–Trinajstić information content (AvgIpc) is 3.39. The molecule has 0 nitrogen and oxygen atoms in total. The fourth-order valence-electron chi connectivity index (χ4n) is 10.9. The summed E-state index contributed by atoms with van der Waals surface area (Å²) in [4.78, 5) is 0. The van der Waals surface area contributed by atoms with E-state index in [1.807, 2.05) is 0 Å². The van der Waals surface area contributed by atoms with E-state index in [-0.39, 0.29) is 0 Å². The molecule has 0 amide bonds. The lowest BCUT2D eigenvalue weighted by atomic mass is 9.85. The van der Waals surface area contributed by atoms with Gasteiger partial charge in [0.1, 0.15) is 0 Å². The third-order valence-corrected chi connectivity index (χ3v) is 13.9. The van der Waals surface area contributed by atoms with E-state index >= 15 is 0 Å². The van der Waals surface area contributed by atoms with Crippen LogP contribution in [0.4, 0.5) is 0 Å². The number of rotatable bonds is 6. The van der Waals surface area contributed by atoms with E-state index in [1.54, 1.807) is 0 Å². The molecule has 13 rings (SSSR count). The van der Waals surface area contributed by atoms with Crippen LogP contribution in [0.5, 0.6) is 0 Å². The zero-order chi connectivity index (χ0) is 43.6. The monoisotopic (exact) mass is 834 g/mol. The molecule has 13 aromatic carbocycles. The molecule has 0 aliphatic carbocycles. The average molecular weight is 835 g/mol. The van der Waals surface area contributed by atoms with E-state index < -0.39 is 0 Å². The Morgan fingerprint density at radius 1 is 0.152 bits per heavy atom. The molecule has 0 fully saturated rings. The first-order valence-electron chi connectivity index (χ1n) is 22.9. The summed E-state index contributed by atoms with van der Waals surface area (Å²) in [5, 5.41) is 15.1. The maximum absolute atomic E-state index is 2.35. The van der Waals surface area contributed by atoms with Crippen molar-refractivity contribution in [2.45, 2.75) is 0 Å². The molecule has 0 aliphatic rings. The Morgan fingerprint density at radius 2 is 0.424 bits per heavy atom. The molecule has 306 valence electrons. The lowest BCUT2D eigenvalue weighted by Gasteiger charge is -2.18. The fourth-order valence-corrected chi connectivity index (χ4v) is 10.9. The van der Waals surface area contributed by atoms with Crippen LogP contribution < -0.4 is 0 Å². The highest BCUT2D eigenvalue weighted by atomic mass is 14.2. The van der Waals surface area contributed by atoms with Crippen molar-refractivity contribution in [2.24, 2.45) is 0 Å². The van der Waals surface area contributed by atoms with E-state index in [0.29, 0.717) is 0 Å². The van der Waals surface area contributed by atoms with Gasteiger partial charge in [0, 0.05) is 0 Å². The molecule has 0 unspecified atom stereocenters. The summed E-state index contributed by atoms with van der Waals surface area (Å²) in [6, 6.07) is 94.0. The molecule has 0 atom stereocenters. The predicted molar refractivity (Wildman–Crippen MR) is 284 cm³/mol. The molecule has 0 aliphatic heterocycles. The summed E-state index contributed by atoms with van der Waals surface area (Å²) >= 11 is 0. The minimum atomic E-state index is 1.20. The van der Waals surface area contributed by atoms with Crippen molar-refractivity contribution in [3.05, 3.63) is 255 Å². The van der Waals surface area contributed by atoms with Crippen LogP contribution in [0, 0.1) is 0 Å². The van der Waals surface area contributed by atoms with Gasteiger partial charge in [0.25, 0.3) is 0 Å². The molecule has 0 saturated heterocycles. The Kier molecular flexibility index (Phi) is 8.96. The first-order valence-corrected chi connectivity index (χ1v) is 22.9. The number of benzene rings is 13. The molecule has 0 aromatic heterocycles. The Bertz CT molecular complexity index is 3890. The van der Waals surface area contributed by atoms with Crippen LogP contribution in [-0.2, 0) is 0 Å². The topological polar surface area (TPSA) is 0 Å². The van der Waals surface area contributed by atoms with Gasteiger partial charge in [0.05, 0.1) is 0 Å². The van der Waals surface area contributed by atoms with Crippen LogP contribution in [0.3, 0.4) is 0 Å². The highest BCUT2D eigenvalue weighted by molar-refractivity contribution is 6.23. The van der Waals surface area contributed by atoms with Crippen LogP contribution in [-0.4, -0.2) is 0 Å². The van der Waals surface area contributed by atoms with Gasteiger partial charge < -0.3 is 0 Å². The highest BCUT2D eigenvalue weighted by Gasteiger charge is 2.19. The summed E-state index contributed by atoms with van der Waals surface area (Å²) in [5.41, 5.74) is 14.9. The van der Waals surface area contributed by atoms with Crippen LogP contribution in [0.1, 0.15) is 0 Å². The third kappa shape index (κ3) is 6.15. The lowest BCUT2D eigenvalue weighted by molar-refractivity contribution is 1.61. The summed E-state index contributed by atoms with van der Waals surface area (Å²) < 4.78 is 0. The molecule has 0 heteroatoms. The zero-order valence-corrected chi connectivity index (χ0v) is 36.2. The molecule has 0 saturated carbocycles. The quantitative estimate of drug-likeness (QED) is 0.146. The number of hydrogen-bond acceptors (Lipinski definition) is 0. The lowest BCUT2D eigenvalue weighted by Crippen LogP contribution is -1.91. The summed E-state index contributed by atoms with van der Waals surface area (Å²) in [6.07, 6.45) is 0. The summed E-state index contributed by atoms with van der Waals surface area (Å²) in [7, 11) is 0. The Morgan fingerprint density at radius 3 is 0.818 bits per heavy atom. The van der Waals surface area contributed by atoms with Gasteiger partial charge >= 0.3 is 0 Å². The van der Waals surface area contributed by atoms with Gasteiger partial charge in [-0.3, -0.25) is 0 Å². The van der Waals surface area contributed by atoms with Gasteiger partial charge in [-0.2, -0.15) is 0 Å². The highest BCUT2D eigenvalue weighted by Crippen LogP contribution is 2.47. The maximum Gasteiger partial charge on any atom is -0.00262 e. The minimum Gasteiger partial charge on any atom is -0.0622 e. The van der Waals surface area contributed by atoms with Crippen LogP contribution in [0.15, 0.2) is 255 Å². The standard InChI is InChI=1S/C66H42/c1-2-17-46(18-3-1)63-55-22-8-10-24-57(55)64(58-25-11-9-23-56(58)63)47-35-31-44(32-36-47)51-40-41-52(54-21-7-6-20-53(51)54)45-33-37-48(38-34-45)65-59-26-12-14-28-61(59)66(62-29-15-13-27-60(62)65)50-39-30-43-16-4-5-19-49(43)42-50/h1-42H. The summed E-state index contributed by atoms with van der Waals surface area (Å²) in [6.45, 7) is 0. The van der Waals surface area contributed by atoms with Crippen molar-refractivity contribution in [1.82, 2.24) is 0 Å². The predicted octanol–water partition coefficient (Wildman–Crippen LogP) is 18.6. The molecular weight excluding hydrogens is 793 g/mol. The molecule has 0 bridgehead atoms. The smallest absolute Gasteiger partial charge is 0.00262 e. The fraction of sp³-hybridized carbons (Fsp3) is 0. The zero-order valence-electron chi connectivity index (χ0n) is 36.2. The van der Waals surface area contributed by atoms with E-state index in [9.17, 15) is 0 Å². The molecule has 66 heavy (non-hydrogen) atoms. The van der Waals surface area contributed by atoms with Gasteiger partial charge in [-0.05, 0) is 137 Å². The van der Waals surface area contributed by atoms with Crippen molar-refractivity contribution >= 4 is 64.6 Å². The van der Waals surface area contributed by atoms with E-state index in [4.69, 9.17) is 0 Å². The first kappa shape index (κ1) is 37.9. The molecule has 0 N–H and O–H groups in total. The molecule has 0 heterocycles. The molecule has 0 spiro atoms. The Hall–Kier alpha value is -8.58. The Labute approximate surface area is 384 Å². The van der Waals surface area contributed by atoms with Crippen LogP contribution in [0.25, 0.3) is 131 Å². The minimum absolute atomic E-state index is 1.20. The van der Waals surface area contributed by atoms with Gasteiger partial charge in [-0.1, -0.05) is 249 Å². The first-order chi connectivity index (χ1) is 32.8. The number of hydrogen-bond donors (Lipinski definition) is 0. The largest absolute Gasteiger partial charge is 0.0622 e. The van der Waals surface area contributed by atoms with Crippen molar-refractivity contribution in [3.8, 4) is 66.8 Å². The van der Waals surface area contributed by atoms with E-state index in [1.165, 1.54) is 131 Å². The molecular formula is C66H42. The van der Waals surface area contributed by atoms with Gasteiger partial charge in [-0.25, -0.2) is 0 Å². The third-order valence-electron chi connectivity index (χ3n) is 13.9. The second kappa shape index (κ2) is 15.6. The Balaban J connectivity index is 0.887. The van der Waals surface area contributed by atoms with Gasteiger partial charge in [0.15, 0.2) is 0 Å².